The molecule has 0 saturated carbocycles. The molecule has 4 rings (SSSR count). The number of fused-ring (bicyclic) bond motifs is 3. The van der Waals surface area contributed by atoms with Crippen LogP contribution in [-0.2, 0) is 9.53 Å². The molecule has 3 N–H and O–H groups in total. The number of rotatable bonds is 7. The van der Waals surface area contributed by atoms with Crippen LogP contribution in [0.15, 0.2) is 71.2 Å². The zero-order valence-corrected chi connectivity index (χ0v) is 20.0. The van der Waals surface area contributed by atoms with Crippen molar-refractivity contribution in [3.8, 4) is 11.1 Å². The van der Waals surface area contributed by atoms with E-state index in [9.17, 15) is 14.4 Å². The highest BCUT2D eigenvalue weighted by atomic mass is 79.9. The molecule has 0 spiro atoms. The number of anilines is 1. The van der Waals surface area contributed by atoms with E-state index >= 15 is 0 Å². The Kier molecular flexibility index (Phi) is 6.98. The Balaban J connectivity index is 1.38. The summed E-state index contributed by atoms with van der Waals surface area (Å²) < 4.78 is 6.06. The summed E-state index contributed by atoms with van der Waals surface area (Å²) in [7, 11) is 0. The van der Waals surface area contributed by atoms with E-state index in [0.29, 0.717) is 15.7 Å². The van der Waals surface area contributed by atoms with Gasteiger partial charge in [-0.25, -0.2) is 4.79 Å². The average Bonchev–Trinajstić information content (AvgIpc) is 3.12. The maximum Gasteiger partial charge on any atom is 0.411 e. The smallest absolute Gasteiger partial charge is 0.411 e. The molecule has 3 aromatic carbocycles. The van der Waals surface area contributed by atoms with Crippen molar-refractivity contribution in [3.63, 3.8) is 0 Å². The van der Waals surface area contributed by atoms with Crippen LogP contribution >= 0.6 is 15.9 Å². The van der Waals surface area contributed by atoms with Gasteiger partial charge in [0.25, 0.3) is 5.91 Å². The van der Waals surface area contributed by atoms with Crippen LogP contribution in [0, 0.1) is 0 Å². The molecule has 3 aromatic rings. The maximum absolute atomic E-state index is 12.5. The quantitative estimate of drug-likeness (QED) is 0.385. The lowest BCUT2D eigenvalue weighted by atomic mass is 9.98. The zero-order valence-electron chi connectivity index (χ0n) is 18.4. The number of nitrogens with one attached hydrogen (secondary N) is 2. The maximum atomic E-state index is 12.5. The molecular weight excluding hydrogens is 500 g/mol. The van der Waals surface area contributed by atoms with Crippen LogP contribution in [0.4, 0.5) is 10.5 Å². The van der Waals surface area contributed by atoms with E-state index < -0.39 is 24.0 Å². The number of carboxylic acid groups (broad SMARTS) is 1. The average molecular weight is 523 g/mol. The van der Waals surface area contributed by atoms with Gasteiger partial charge in [-0.05, 0) is 63.3 Å². The van der Waals surface area contributed by atoms with Gasteiger partial charge < -0.3 is 15.2 Å². The van der Waals surface area contributed by atoms with Crippen molar-refractivity contribution in [2.45, 2.75) is 25.3 Å². The molecule has 2 amide bonds. The summed E-state index contributed by atoms with van der Waals surface area (Å²) in [4.78, 5) is 35.6. The first-order valence-electron chi connectivity index (χ1n) is 10.8. The van der Waals surface area contributed by atoms with E-state index in [1.807, 2.05) is 24.3 Å². The van der Waals surface area contributed by atoms with Crippen LogP contribution < -0.4 is 10.6 Å². The second kappa shape index (κ2) is 10.1. The van der Waals surface area contributed by atoms with Crippen LogP contribution in [0.5, 0.6) is 0 Å². The van der Waals surface area contributed by atoms with Crippen LogP contribution in [0.1, 0.15) is 40.7 Å². The minimum absolute atomic E-state index is 0.0412. The molecule has 1 aliphatic rings. The van der Waals surface area contributed by atoms with E-state index in [0.717, 1.165) is 22.3 Å². The minimum Gasteiger partial charge on any atom is -0.481 e. The van der Waals surface area contributed by atoms with Gasteiger partial charge in [-0.3, -0.25) is 14.9 Å². The topological polar surface area (TPSA) is 105 Å². The highest BCUT2D eigenvalue weighted by Gasteiger charge is 2.29. The molecule has 0 aliphatic heterocycles. The first-order valence-corrected chi connectivity index (χ1v) is 11.6. The van der Waals surface area contributed by atoms with Gasteiger partial charge in [-0.2, -0.15) is 0 Å². The molecule has 1 atom stereocenters. The SMILES string of the molecule is CC(CC(=O)O)NC(=O)c1ccc(NC(=O)OCC2c3ccccc3-c3ccccc32)c(Br)c1. The Bertz CT molecular complexity index is 1210. The molecule has 0 aromatic heterocycles. The lowest BCUT2D eigenvalue weighted by Gasteiger charge is -2.15. The van der Waals surface area contributed by atoms with Crippen LogP contribution in [0.2, 0.25) is 0 Å². The van der Waals surface area contributed by atoms with Crippen molar-refractivity contribution in [3.05, 3.63) is 87.9 Å². The van der Waals surface area contributed by atoms with Gasteiger partial charge in [0, 0.05) is 22.0 Å². The van der Waals surface area contributed by atoms with Gasteiger partial charge in [0.05, 0.1) is 12.1 Å². The van der Waals surface area contributed by atoms with Crippen molar-refractivity contribution in [2.75, 3.05) is 11.9 Å². The fraction of sp³-hybridized carbons (Fsp3) is 0.192. The largest absolute Gasteiger partial charge is 0.481 e. The van der Waals surface area contributed by atoms with E-state index in [1.165, 1.54) is 0 Å². The Morgan fingerprint density at radius 1 is 1.00 bits per heavy atom. The Labute approximate surface area is 205 Å². The summed E-state index contributed by atoms with van der Waals surface area (Å²) in [6.07, 6.45) is -0.774. The van der Waals surface area contributed by atoms with Gasteiger partial charge in [-0.1, -0.05) is 48.5 Å². The number of carbonyl (C=O) groups is 3. The molecule has 34 heavy (non-hydrogen) atoms. The van der Waals surface area contributed by atoms with E-state index in [1.54, 1.807) is 25.1 Å². The van der Waals surface area contributed by atoms with E-state index in [-0.39, 0.29) is 18.9 Å². The summed E-state index contributed by atoms with van der Waals surface area (Å²) in [5, 5.41) is 14.2. The highest BCUT2D eigenvalue weighted by Crippen LogP contribution is 2.44. The predicted octanol–water partition coefficient (Wildman–Crippen LogP) is 5.40. The number of amides is 2. The van der Waals surface area contributed by atoms with Gasteiger partial charge in [0.15, 0.2) is 0 Å². The lowest BCUT2D eigenvalue weighted by Crippen LogP contribution is -2.34. The molecule has 1 aliphatic carbocycles. The summed E-state index contributed by atoms with van der Waals surface area (Å²) in [5.41, 5.74) is 5.35. The third-order valence-corrected chi connectivity index (χ3v) is 6.33. The number of halogens is 1. The molecular formula is C26H23BrN2O5. The normalized spacial score (nSPS) is 12.9. The van der Waals surface area contributed by atoms with Crippen LogP contribution in [0.3, 0.4) is 0 Å². The van der Waals surface area contributed by atoms with Crippen LogP contribution in [0.25, 0.3) is 11.1 Å². The lowest BCUT2D eigenvalue weighted by molar-refractivity contribution is -0.137. The minimum atomic E-state index is -0.989. The number of aliphatic carboxylic acids is 1. The van der Waals surface area contributed by atoms with Gasteiger partial charge in [0.2, 0.25) is 0 Å². The van der Waals surface area contributed by atoms with E-state index in [2.05, 4.69) is 50.8 Å². The molecule has 174 valence electrons. The van der Waals surface area contributed by atoms with Crippen molar-refractivity contribution < 1.29 is 24.2 Å². The summed E-state index contributed by atoms with van der Waals surface area (Å²) >= 11 is 3.37. The fourth-order valence-electron chi connectivity index (χ4n) is 4.12. The number of ether oxygens (including phenoxy) is 1. The third kappa shape index (κ3) is 5.12. The molecule has 0 heterocycles. The second-order valence-corrected chi connectivity index (χ2v) is 8.97. The second-order valence-electron chi connectivity index (χ2n) is 8.12. The molecule has 7 nitrogen and oxygen atoms in total. The van der Waals surface area contributed by atoms with Crippen molar-refractivity contribution >= 4 is 39.6 Å². The molecule has 0 fully saturated rings. The summed E-state index contributed by atoms with van der Waals surface area (Å²) in [6, 6.07) is 20.4. The Hall–Kier alpha value is -3.65. The Morgan fingerprint density at radius 2 is 1.62 bits per heavy atom. The molecule has 0 saturated heterocycles. The zero-order chi connectivity index (χ0) is 24.2. The highest BCUT2D eigenvalue weighted by molar-refractivity contribution is 9.10. The standard InChI is InChI=1S/C26H23BrN2O5/c1-15(12-24(30)31)28-25(32)16-10-11-23(22(27)13-16)29-26(33)34-14-21-19-8-4-2-6-17(19)18-7-3-5-9-20(18)21/h2-11,13,15,21H,12,14H2,1H3,(H,28,32)(H,29,33)(H,30,31). The van der Waals surface area contributed by atoms with Crippen molar-refractivity contribution in [2.24, 2.45) is 0 Å². The van der Waals surface area contributed by atoms with Gasteiger partial charge in [-0.15, -0.1) is 0 Å². The number of carbonyl (C=O) groups excluding carboxylic acids is 2. The number of benzene rings is 3. The molecule has 0 bridgehead atoms. The van der Waals surface area contributed by atoms with E-state index in [4.69, 9.17) is 9.84 Å². The van der Waals surface area contributed by atoms with Gasteiger partial charge >= 0.3 is 12.1 Å². The monoisotopic (exact) mass is 522 g/mol. The molecule has 8 heteroatoms. The predicted molar refractivity (Wildman–Crippen MR) is 132 cm³/mol. The summed E-state index contributed by atoms with van der Waals surface area (Å²) in [6.45, 7) is 1.81. The first-order chi connectivity index (χ1) is 16.3. The van der Waals surface area contributed by atoms with Crippen molar-refractivity contribution in [1.29, 1.82) is 0 Å². The first kappa shape index (κ1) is 23.5. The number of hydrogen-bond acceptors (Lipinski definition) is 4. The number of carboxylic acids is 1. The molecule has 0 radical (unpaired) electrons. The van der Waals surface area contributed by atoms with Crippen LogP contribution in [-0.4, -0.2) is 35.7 Å². The number of hydrogen-bond donors (Lipinski definition) is 3. The molecule has 1 unspecified atom stereocenters. The third-order valence-electron chi connectivity index (χ3n) is 5.67. The fourth-order valence-corrected chi connectivity index (χ4v) is 4.60. The van der Waals surface area contributed by atoms with Gasteiger partial charge in [0.1, 0.15) is 6.61 Å². The summed E-state index contributed by atoms with van der Waals surface area (Å²) in [5.74, 6) is -1.43. The Morgan fingerprint density at radius 3 is 2.21 bits per heavy atom. The van der Waals surface area contributed by atoms with Crippen molar-refractivity contribution in [1.82, 2.24) is 5.32 Å².